The summed E-state index contributed by atoms with van der Waals surface area (Å²) in [5.74, 6) is -0.224. The van der Waals surface area contributed by atoms with Crippen LogP contribution in [0.2, 0.25) is 5.02 Å². The summed E-state index contributed by atoms with van der Waals surface area (Å²) in [5, 5.41) is 3.14. The van der Waals surface area contributed by atoms with Crippen LogP contribution in [0.15, 0.2) is 65.2 Å². The predicted octanol–water partition coefficient (Wildman–Crippen LogP) is 5.69. The van der Waals surface area contributed by atoms with Gasteiger partial charge in [-0.3, -0.25) is 9.36 Å². The fourth-order valence-corrected chi connectivity index (χ4v) is 4.27. The lowest BCUT2D eigenvalue weighted by molar-refractivity contribution is -0.115. The fourth-order valence-electron chi connectivity index (χ4n) is 3.43. The third kappa shape index (κ3) is 4.27. The highest BCUT2D eigenvalue weighted by molar-refractivity contribution is 7.16. The molecule has 0 saturated carbocycles. The molecule has 11 heteroatoms. The molecule has 0 radical (unpaired) electrons. The Bertz CT molecular complexity index is 1550. The number of hydrogen-bond acceptors (Lipinski definition) is 6. The average Bonchev–Trinajstić information content (AvgIpc) is 3.25. The Balaban J connectivity index is 1.73. The van der Waals surface area contributed by atoms with E-state index in [4.69, 9.17) is 11.6 Å². The number of nitrogens with one attached hydrogen (secondary N) is 1. The summed E-state index contributed by atoms with van der Waals surface area (Å²) in [6.45, 7) is -1.29. The highest BCUT2D eigenvalue weighted by Crippen LogP contribution is 2.28. The number of nitrogens with zero attached hydrogens (tertiary/aromatic N) is 4. The van der Waals surface area contributed by atoms with Gasteiger partial charge in [0.1, 0.15) is 6.54 Å². The summed E-state index contributed by atoms with van der Waals surface area (Å²) >= 11 is 7.46. The molecule has 0 aliphatic carbocycles. The number of benzene rings is 2. The van der Waals surface area contributed by atoms with Gasteiger partial charge in [0.05, 0.1) is 32.5 Å². The molecular weight excluding hydrogens is 475 g/mol. The molecule has 3 aromatic heterocycles. The minimum Gasteiger partial charge on any atom is -0.345 e. The molecule has 0 fully saturated rings. The first kappa shape index (κ1) is 21.4. The Morgan fingerprint density at radius 3 is 2.64 bits per heavy atom. The third-order valence-corrected chi connectivity index (χ3v) is 5.97. The Kier molecular flexibility index (Phi) is 5.26. The summed E-state index contributed by atoms with van der Waals surface area (Å²) in [5.41, 5.74) is 3.77. The van der Waals surface area contributed by atoms with Crippen molar-refractivity contribution in [2.24, 2.45) is 0 Å². The van der Waals surface area contributed by atoms with Gasteiger partial charge in [0.25, 0.3) is 5.56 Å². The van der Waals surface area contributed by atoms with E-state index in [2.05, 4.69) is 20.3 Å². The van der Waals surface area contributed by atoms with E-state index in [1.807, 2.05) is 12.1 Å². The molecule has 1 N–H and O–H groups in total. The zero-order chi connectivity index (χ0) is 23.2. The van der Waals surface area contributed by atoms with Crippen molar-refractivity contribution in [2.75, 3.05) is 11.9 Å². The highest BCUT2D eigenvalue weighted by Gasteiger charge is 2.27. The van der Waals surface area contributed by atoms with Crippen molar-refractivity contribution < 1.29 is 13.2 Å². The van der Waals surface area contributed by atoms with Gasteiger partial charge in [0.15, 0.2) is 0 Å². The van der Waals surface area contributed by atoms with Gasteiger partial charge in [0.2, 0.25) is 5.95 Å². The minimum atomic E-state index is -4.43. The van der Waals surface area contributed by atoms with Crippen LogP contribution in [0.25, 0.3) is 37.9 Å². The van der Waals surface area contributed by atoms with E-state index in [0.717, 1.165) is 10.2 Å². The Morgan fingerprint density at radius 2 is 1.88 bits per heavy atom. The second kappa shape index (κ2) is 8.13. The van der Waals surface area contributed by atoms with Crippen LogP contribution in [-0.2, 0) is 0 Å². The van der Waals surface area contributed by atoms with Crippen molar-refractivity contribution in [1.29, 1.82) is 0 Å². The number of thiazole rings is 1. The SMILES string of the molecule is O=c1c(-c2ccc(Cl)cc2)c2nc(NCC(F)(F)F)ncc2cn1-c1ccc2ncsc2c1. The van der Waals surface area contributed by atoms with Gasteiger partial charge in [-0.05, 0) is 35.9 Å². The Labute approximate surface area is 193 Å². The predicted molar refractivity (Wildman–Crippen MR) is 123 cm³/mol. The molecule has 0 amide bonds. The molecule has 33 heavy (non-hydrogen) atoms. The molecule has 2 aromatic carbocycles. The molecule has 5 rings (SSSR count). The van der Waals surface area contributed by atoms with Crippen LogP contribution in [0.3, 0.4) is 0 Å². The Morgan fingerprint density at radius 1 is 1.09 bits per heavy atom. The maximum Gasteiger partial charge on any atom is 0.405 e. The van der Waals surface area contributed by atoms with Gasteiger partial charge in [-0.15, -0.1) is 11.3 Å². The average molecular weight is 488 g/mol. The molecule has 0 aliphatic rings. The van der Waals surface area contributed by atoms with E-state index < -0.39 is 12.7 Å². The van der Waals surface area contributed by atoms with Crippen molar-refractivity contribution in [3.05, 3.63) is 75.7 Å². The van der Waals surface area contributed by atoms with Crippen LogP contribution in [0.1, 0.15) is 0 Å². The zero-order valence-corrected chi connectivity index (χ0v) is 18.2. The molecule has 6 nitrogen and oxygen atoms in total. The van der Waals surface area contributed by atoms with Crippen LogP contribution < -0.4 is 10.9 Å². The maximum absolute atomic E-state index is 13.6. The summed E-state index contributed by atoms with van der Waals surface area (Å²) < 4.78 is 40.3. The molecule has 0 unspecified atom stereocenters. The number of anilines is 1. The Hall–Kier alpha value is -3.50. The molecule has 166 valence electrons. The highest BCUT2D eigenvalue weighted by atomic mass is 35.5. The van der Waals surface area contributed by atoms with Gasteiger partial charge in [0, 0.05) is 22.8 Å². The van der Waals surface area contributed by atoms with Crippen LogP contribution in [0.4, 0.5) is 19.1 Å². The lowest BCUT2D eigenvalue weighted by atomic mass is 10.0. The largest absolute Gasteiger partial charge is 0.405 e. The number of halogens is 4. The normalized spacial score (nSPS) is 11.9. The van der Waals surface area contributed by atoms with E-state index in [-0.39, 0.29) is 22.6 Å². The monoisotopic (exact) mass is 487 g/mol. The number of hydrogen-bond donors (Lipinski definition) is 1. The van der Waals surface area contributed by atoms with E-state index >= 15 is 0 Å². The number of pyridine rings is 1. The lowest BCUT2D eigenvalue weighted by Crippen LogP contribution is -2.23. The first-order chi connectivity index (χ1) is 15.8. The van der Waals surface area contributed by atoms with Crippen LogP contribution in [-0.4, -0.2) is 32.2 Å². The van der Waals surface area contributed by atoms with Crippen LogP contribution in [0.5, 0.6) is 0 Å². The van der Waals surface area contributed by atoms with Crippen LogP contribution >= 0.6 is 22.9 Å². The van der Waals surface area contributed by atoms with E-state index in [0.29, 0.717) is 21.7 Å². The first-order valence-corrected chi connectivity index (χ1v) is 10.9. The van der Waals surface area contributed by atoms with Gasteiger partial charge in [-0.1, -0.05) is 23.7 Å². The molecule has 0 spiro atoms. The molecular formula is C22H13ClF3N5OS. The number of alkyl halides is 3. The lowest BCUT2D eigenvalue weighted by Gasteiger charge is -2.14. The molecule has 5 aromatic rings. The molecule has 0 saturated heterocycles. The van der Waals surface area contributed by atoms with Gasteiger partial charge in [-0.25, -0.2) is 15.0 Å². The topological polar surface area (TPSA) is 72.7 Å². The minimum absolute atomic E-state index is 0.224. The summed E-state index contributed by atoms with van der Waals surface area (Å²) in [6.07, 6.45) is -1.47. The third-order valence-electron chi connectivity index (χ3n) is 4.93. The van der Waals surface area contributed by atoms with Gasteiger partial charge in [-0.2, -0.15) is 13.2 Å². The molecule has 0 atom stereocenters. The summed E-state index contributed by atoms with van der Waals surface area (Å²) in [7, 11) is 0. The van der Waals surface area contributed by atoms with E-state index in [9.17, 15) is 18.0 Å². The second-order valence-corrected chi connectivity index (χ2v) is 8.48. The van der Waals surface area contributed by atoms with E-state index in [1.165, 1.54) is 22.1 Å². The second-order valence-electron chi connectivity index (χ2n) is 7.16. The van der Waals surface area contributed by atoms with Gasteiger partial charge >= 0.3 is 6.18 Å². The van der Waals surface area contributed by atoms with Crippen LogP contribution in [0, 0.1) is 0 Å². The van der Waals surface area contributed by atoms with Crippen molar-refractivity contribution in [1.82, 2.24) is 19.5 Å². The quantitative estimate of drug-likeness (QED) is 0.353. The smallest absolute Gasteiger partial charge is 0.345 e. The zero-order valence-electron chi connectivity index (χ0n) is 16.6. The van der Waals surface area contributed by atoms with Gasteiger partial charge < -0.3 is 5.32 Å². The van der Waals surface area contributed by atoms with Crippen molar-refractivity contribution >= 4 is 50.0 Å². The molecule has 3 heterocycles. The van der Waals surface area contributed by atoms with Crippen molar-refractivity contribution in [2.45, 2.75) is 6.18 Å². The summed E-state index contributed by atoms with van der Waals surface area (Å²) in [4.78, 5) is 26.1. The summed E-state index contributed by atoms with van der Waals surface area (Å²) in [6, 6.07) is 12.0. The van der Waals surface area contributed by atoms with Crippen molar-refractivity contribution in [3.8, 4) is 16.8 Å². The maximum atomic E-state index is 13.6. The number of rotatable bonds is 4. The first-order valence-electron chi connectivity index (χ1n) is 9.61. The fraction of sp³-hybridized carbons (Fsp3) is 0.0909. The van der Waals surface area contributed by atoms with E-state index in [1.54, 1.807) is 42.0 Å². The molecule has 0 bridgehead atoms. The standard InChI is InChI=1S/C22H13ClF3N5OS/c23-14-3-1-12(2-4-14)18-19-13(8-27-21(30-19)28-10-22(24,25)26)9-31(20(18)32)15-5-6-16-17(7-15)33-11-29-16/h1-9,11H,10H2,(H,28,30). The number of fused-ring (bicyclic) bond motifs is 2. The number of aromatic nitrogens is 4. The van der Waals surface area contributed by atoms with Crippen molar-refractivity contribution in [3.63, 3.8) is 0 Å². The molecule has 0 aliphatic heterocycles.